The Balaban J connectivity index is 2.09. The first-order valence-electron chi connectivity index (χ1n) is 6.96. The molecule has 1 saturated heterocycles. The summed E-state index contributed by atoms with van der Waals surface area (Å²) in [5.74, 6) is -0.306. The van der Waals surface area contributed by atoms with E-state index in [4.69, 9.17) is 10.5 Å². The number of hydrogen-bond acceptors (Lipinski definition) is 5. The second kappa shape index (κ2) is 6.58. The fourth-order valence-corrected chi connectivity index (χ4v) is 2.56. The number of ether oxygens (including phenoxy) is 1. The molecule has 0 atom stereocenters. The van der Waals surface area contributed by atoms with E-state index < -0.39 is 5.97 Å². The first kappa shape index (κ1) is 15.3. The molecule has 1 aliphatic rings. The summed E-state index contributed by atoms with van der Waals surface area (Å²) >= 11 is 0. The van der Waals surface area contributed by atoms with Gasteiger partial charge in [0, 0.05) is 45.3 Å². The number of esters is 1. The number of benzene rings is 1. The predicted octanol–water partition coefficient (Wildman–Crippen LogP) is 0.719. The number of anilines is 1. The van der Waals surface area contributed by atoms with Crippen LogP contribution in [-0.2, 0) is 16.1 Å². The molecule has 0 unspecified atom stereocenters. The van der Waals surface area contributed by atoms with Gasteiger partial charge in [-0.1, -0.05) is 12.1 Å². The SMILES string of the molecule is COC(=O)c1c(N)cccc1CN1CCN(C(C)=O)CC1. The van der Waals surface area contributed by atoms with Crippen molar-refractivity contribution < 1.29 is 14.3 Å². The van der Waals surface area contributed by atoms with Gasteiger partial charge in [0.25, 0.3) is 0 Å². The van der Waals surface area contributed by atoms with Gasteiger partial charge in [-0.05, 0) is 11.6 Å². The number of nitrogens with zero attached hydrogens (tertiary/aromatic N) is 2. The molecule has 1 fully saturated rings. The average Bonchev–Trinajstić information content (AvgIpc) is 2.47. The van der Waals surface area contributed by atoms with Crippen LogP contribution in [0, 0.1) is 0 Å². The maximum atomic E-state index is 11.9. The maximum absolute atomic E-state index is 11.9. The molecule has 1 heterocycles. The third-order valence-corrected chi connectivity index (χ3v) is 3.78. The molecule has 0 spiro atoms. The number of amides is 1. The number of rotatable bonds is 3. The van der Waals surface area contributed by atoms with Crippen molar-refractivity contribution in [3.8, 4) is 0 Å². The summed E-state index contributed by atoms with van der Waals surface area (Å²) in [6, 6.07) is 5.42. The van der Waals surface area contributed by atoms with E-state index in [2.05, 4.69) is 4.90 Å². The van der Waals surface area contributed by atoms with Gasteiger partial charge in [-0.3, -0.25) is 9.69 Å². The normalized spacial score (nSPS) is 15.8. The van der Waals surface area contributed by atoms with Gasteiger partial charge in [0.2, 0.25) is 5.91 Å². The zero-order valence-electron chi connectivity index (χ0n) is 12.5. The van der Waals surface area contributed by atoms with E-state index in [0.717, 1.165) is 18.7 Å². The van der Waals surface area contributed by atoms with E-state index >= 15 is 0 Å². The second-order valence-electron chi connectivity index (χ2n) is 5.16. The maximum Gasteiger partial charge on any atom is 0.340 e. The molecule has 1 aliphatic heterocycles. The Morgan fingerprint density at radius 3 is 2.48 bits per heavy atom. The van der Waals surface area contributed by atoms with Crippen molar-refractivity contribution in [2.45, 2.75) is 13.5 Å². The zero-order chi connectivity index (χ0) is 15.4. The molecule has 2 rings (SSSR count). The molecule has 0 aromatic heterocycles. The van der Waals surface area contributed by atoms with Crippen LogP contribution in [0.4, 0.5) is 5.69 Å². The second-order valence-corrected chi connectivity index (χ2v) is 5.16. The number of carbonyl (C=O) groups is 2. The summed E-state index contributed by atoms with van der Waals surface area (Å²) in [5, 5.41) is 0. The topological polar surface area (TPSA) is 75.9 Å². The molecule has 114 valence electrons. The van der Waals surface area contributed by atoms with E-state index in [0.29, 0.717) is 30.9 Å². The van der Waals surface area contributed by atoms with Gasteiger partial charge in [0.1, 0.15) is 0 Å². The summed E-state index contributed by atoms with van der Waals surface area (Å²) in [7, 11) is 1.35. The van der Waals surface area contributed by atoms with Crippen LogP contribution in [0.15, 0.2) is 18.2 Å². The van der Waals surface area contributed by atoms with Crippen molar-refractivity contribution in [2.24, 2.45) is 0 Å². The number of piperazine rings is 1. The zero-order valence-corrected chi connectivity index (χ0v) is 12.5. The third kappa shape index (κ3) is 3.52. The van der Waals surface area contributed by atoms with E-state index in [-0.39, 0.29) is 5.91 Å². The Kier molecular flexibility index (Phi) is 4.80. The summed E-state index contributed by atoms with van der Waals surface area (Å²) in [4.78, 5) is 27.2. The summed E-state index contributed by atoms with van der Waals surface area (Å²) in [6.07, 6.45) is 0. The van der Waals surface area contributed by atoms with Crippen molar-refractivity contribution in [1.29, 1.82) is 0 Å². The molecule has 1 aromatic carbocycles. The van der Waals surface area contributed by atoms with Crippen molar-refractivity contribution in [2.75, 3.05) is 39.0 Å². The summed E-state index contributed by atoms with van der Waals surface area (Å²) < 4.78 is 4.81. The predicted molar refractivity (Wildman–Crippen MR) is 79.7 cm³/mol. The lowest BCUT2D eigenvalue weighted by molar-refractivity contribution is -0.130. The quantitative estimate of drug-likeness (QED) is 0.656. The number of carbonyl (C=O) groups excluding carboxylic acids is 2. The van der Waals surface area contributed by atoms with Gasteiger partial charge in [-0.2, -0.15) is 0 Å². The van der Waals surface area contributed by atoms with Gasteiger partial charge in [-0.15, -0.1) is 0 Å². The van der Waals surface area contributed by atoms with Crippen LogP contribution >= 0.6 is 0 Å². The van der Waals surface area contributed by atoms with E-state index in [1.807, 2.05) is 17.0 Å². The number of hydrogen-bond donors (Lipinski definition) is 1. The van der Waals surface area contributed by atoms with Gasteiger partial charge in [0.05, 0.1) is 12.7 Å². The Labute approximate surface area is 124 Å². The Hall–Kier alpha value is -2.08. The molecule has 0 radical (unpaired) electrons. The molecule has 1 aromatic rings. The number of nitrogens with two attached hydrogens (primary N) is 1. The minimum atomic E-state index is -0.412. The standard InChI is InChI=1S/C15H21N3O3/c1-11(19)18-8-6-17(7-9-18)10-12-4-3-5-13(16)14(12)15(20)21-2/h3-5H,6-10,16H2,1-2H3. The molecular weight excluding hydrogens is 270 g/mol. The van der Waals surface area contributed by atoms with E-state index in [9.17, 15) is 9.59 Å². The smallest absolute Gasteiger partial charge is 0.340 e. The molecule has 1 amide bonds. The molecule has 6 heteroatoms. The largest absolute Gasteiger partial charge is 0.465 e. The van der Waals surface area contributed by atoms with Gasteiger partial charge in [-0.25, -0.2) is 4.79 Å². The van der Waals surface area contributed by atoms with Crippen LogP contribution in [0.25, 0.3) is 0 Å². The van der Waals surface area contributed by atoms with Crippen molar-refractivity contribution in [3.05, 3.63) is 29.3 Å². The molecule has 6 nitrogen and oxygen atoms in total. The minimum Gasteiger partial charge on any atom is -0.465 e. The monoisotopic (exact) mass is 291 g/mol. The van der Waals surface area contributed by atoms with Gasteiger partial charge >= 0.3 is 5.97 Å². The lowest BCUT2D eigenvalue weighted by atomic mass is 10.0. The summed E-state index contributed by atoms with van der Waals surface area (Å²) in [5.41, 5.74) is 7.62. The lowest BCUT2D eigenvalue weighted by Gasteiger charge is -2.34. The molecule has 21 heavy (non-hydrogen) atoms. The fourth-order valence-electron chi connectivity index (χ4n) is 2.56. The number of nitrogen functional groups attached to an aromatic ring is 1. The highest BCUT2D eigenvalue weighted by Crippen LogP contribution is 2.20. The molecule has 2 N–H and O–H groups in total. The minimum absolute atomic E-state index is 0.105. The van der Waals surface area contributed by atoms with Crippen LogP contribution in [0.1, 0.15) is 22.8 Å². The fraction of sp³-hybridized carbons (Fsp3) is 0.467. The summed E-state index contributed by atoms with van der Waals surface area (Å²) in [6.45, 7) is 5.21. The van der Waals surface area contributed by atoms with Crippen molar-refractivity contribution in [3.63, 3.8) is 0 Å². The van der Waals surface area contributed by atoms with Crippen LogP contribution in [0.2, 0.25) is 0 Å². The van der Waals surface area contributed by atoms with Crippen molar-refractivity contribution in [1.82, 2.24) is 9.80 Å². The van der Waals surface area contributed by atoms with Crippen molar-refractivity contribution >= 4 is 17.6 Å². The Bertz CT molecular complexity index is 537. The van der Waals surface area contributed by atoms with Crippen LogP contribution in [0.3, 0.4) is 0 Å². The molecular formula is C15H21N3O3. The third-order valence-electron chi connectivity index (χ3n) is 3.78. The van der Waals surface area contributed by atoms with Crippen LogP contribution in [0.5, 0.6) is 0 Å². The van der Waals surface area contributed by atoms with E-state index in [1.165, 1.54) is 7.11 Å². The Morgan fingerprint density at radius 2 is 1.90 bits per heavy atom. The highest BCUT2D eigenvalue weighted by Gasteiger charge is 2.21. The molecule has 0 saturated carbocycles. The first-order valence-corrected chi connectivity index (χ1v) is 6.96. The average molecular weight is 291 g/mol. The van der Waals surface area contributed by atoms with E-state index in [1.54, 1.807) is 13.0 Å². The highest BCUT2D eigenvalue weighted by atomic mass is 16.5. The van der Waals surface area contributed by atoms with Gasteiger partial charge in [0.15, 0.2) is 0 Å². The molecule has 0 bridgehead atoms. The molecule has 0 aliphatic carbocycles. The highest BCUT2D eigenvalue weighted by molar-refractivity contribution is 5.96. The van der Waals surface area contributed by atoms with Crippen LogP contribution < -0.4 is 5.73 Å². The first-order chi connectivity index (χ1) is 10.0. The Morgan fingerprint density at radius 1 is 1.24 bits per heavy atom. The van der Waals surface area contributed by atoms with Gasteiger partial charge < -0.3 is 15.4 Å². The lowest BCUT2D eigenvalue weighted by Crippen LogP contribution is -2.47. The van der Waals surface area contributed by atoms with Crippen LogP contribution in [-0.4, -0.2) is 55.0 Å². The number of methoxy groups -OCH3 is 1.